The van der Waals surface area contributed by atoms with Crippen LogP contribution in [0.1, 0.15) is 110 Å². The molecule has 6 nitrogen and oxygen atoms in total. The molecule has 0 aliphatic carbocycles. The highest BCUT2D eigenvalue weighted by Crippen LogP contribution is 2.32. The van der Waals surface area contributed by atoms with Crippen molar-refractivity contribution < 1.29 is 18.8 Å². The summed E-state index contributed by atoms with van der Waals surface area (Å²) in [6.45, 7) is 8.96. The Morgan fingerprint density at radius 1 is 1.03 bits per heavy atom. The number of quaternary nitrogens is 1. The van der Waals surface area contributed by atoms with Crippen molar-refractivity contribution in [3.05, 3.63) is 11.8 Å². The molecular formula is C26H46N3O3S+. The molecule has 0 saturated carbocycles. The Hall–Kier alpha value is -1.47. The molecule has 0 radical (unpaired) electrons. The molecule has 0 bridgehead atoms. The van der Waals surface area contributed by atoms with Gasteiger partial charge in [-0.1, -0.05) is 78.2 Å². The van der Waals surface area contributed by atoms with E-state index in [4.69, 9.17) is 9.47 Å². The smallest absolute Gasteiger partial charge is 0.310 e. The van der Waals surface area contributed by atoms with Crippen LogP contribution >= 0.6 is 11.7 Å². The minimum atomic E-state index is -0.133. The van der Waals surface area contributed by atoms with Crippen LogP contribution in [0.15, 0.2) is 6.08 Å². The van der Waals surface area contributed by atoms with Gasteiger partial charge in [-0.15, -0.1) is 4.37 Å². The summed E-state index contributed by atoms with van der Waals surface area (Å²) < 4.78 is 21.6. The van der Waals surface area contributed by atoms with Gasteiger partial charge in [0.15, 0.2) is 0 Å². The number of ether oxygens (including phenoxy) is 2. The summed E-state index contributed by atoms with van der Waals surface area (Å²) in [5.74, 6) is 0.600. The Kier molecular flexibility index (Phi) is 13.0. The number of carbonyl (C=O) groups excluding carboxylic acids is 1. The summed E-state index contributed by atoms with van der Waals surface area (Å²) in [6.07, 6.45) is 16.1. The average molecular weight is 481 g/mol. The van der Waals surface area contributed by atoms with E-state index in [0.717, 1.165) is 56.5 Å². The number of hydrogen-bond acceptors (Lipinski definition) is 6. The fraction of sp³-hybridized carbons (Fsp3) is 0.808. The van der Waals surface area contributed by atoms with Gasteiger partial charge in [-0.2, -0.15) is 4.37 Å². The molecule has 0 N–H and O–H groups in total. The Morgan fingerprint density at radius 2 is 1.73 bits per heavy atom. The van der Waals surface area contributed by atoms with Gasteiger partial charge in [0.25, 0.3) is 5.88 Å². The van der Waals surface area contributed by atoms with Crippen LogP contribution in [0.25, 0.3) is 5.57 Å². The molecule has 2 atom stereocenters. The molecule has 7 heteroatoms. The molecule has 2 rings (SSSR count). The van der Waals surface area contributed by atoms with Gasteiger partial charge in [0.2, 0.25) is 6.23 Å². The minimum Gasteiger partial charge on any atom is -0.475 e. The van der Waals surface area contributed by atoms with E-state index < -0.39 is 0 Å². The standard InChI is InChI=1S/C26H46N3O3S/c1-5-8-10-12-13-14-18-24(30)32-23(7-3)29(4)19-16-17-22(21-29)25-26(28-33-27-25)31-20-15-11-9-6-2/h17,23H,5-16,18-21H2,1-4H3/q+1. The number of hydrogen-bond donors (Lipinski definition) is 0. The maximum atomic E-state index is 12.6. The van der Waals surface area contributed by atoms with Crippen molar-refractivity contribution in [3.8, 4) is 5.88 Å². The van der Waals surface area contributed by atoms with Crippen LogP contribution in [0.4, 0.5) is 0 Å². The van der Waals surface area contributed by atoms with Crippen LogP contribution in [-0.2, 0) is 9.53 Å². The summed E-state index contributed by atoms with van der Waals surface area (Å²) in [5.41, 5.74) is 2.03. The maximum absolute atomic E-state index is 12.6. The van der Waals surface area contributed by atoms with Crippen LogP contribution in [0.2, 0.25) is 0 Å². The molecule has 0 spiro atoms. The fourth-order valence-electron chi connectivity index (χ4n) is 4.56. The lowest BCUT2D eigenvalue weighted by atomic mass is 10.0. The lowest BCUT2D eigenvalue weighted by Gasteiger charge is -2.42. The van der Waals surface area contributed by atoms with Gasteiger partial charge in [0, 0.05) is 24.8 Å². The Balaban J connectivity index is 1.89. The number of nitrogens with zero attached hydrogens (tertiary/aromatic N) is 3. The van der Waals surface area contributed by atoms with Crippen LogP contribution in [-0.4, -0.2) is 52.2 Å². The normalized spacial score (nSPS) is 19.2. The molecule has 2 heterocycles. The van der Waals surface area contributed by atoms with E-state index in [1.165, 1.54) is 56.7 Å². The predicted molar refractivity (Wildman–Crippen MR) is 136 cm³/mol. The van der Waals surface area contributed by atoms with Crippen molar-refractivity contribution in [1.82, 2.24) is 8.75 Å². The topological polar surface area (TPSA) is 61.3 Å². The second-order valence-corrected chi connectivity index (χ2v) is 10.1. The summed E-state index contributed by atoms with van der Waals surface area (Å²) >= 11 is 1.21. The van der Waals surface area contributed by atoms with Crippen LogP contribution in [0.5, 0.6) is 5.88 Å². The molecule has 1 aliphatic rings. The summed E-state index contributed by atoms with van der Waals surface area (Å²) in [7, 11) is 2.20. The summed E-state index contributed by atoms with van der Waals surface area (Å²) in [6, 6.07) is 0. The molecule has 1 aliphatic heterocycles. The van der Waals surface area contributed by atoms with Crippen LogP contribution in [0, 0.1) is 0 Å². The highest BCUT2D eigenvalue weighted by Gasteiger charge is 2.38. The molecular weight excluding hydrogens is 434 g/mol. The molecule has 0 aromatic carbocycles. The minimum absolute atomic E-state index is 0.0563. The molecule has 2 unspecified atom stereocenters. The van der Waals surface area contributed by atoms with Gasteiger partial charge in [0.05, 0.1) is 31.9 Å². The predicted octanol–water partition coefficient (Wildman–Crippen LogP) is 6.76. The van der Waals surface area contributed by atoms with Crippen LogP contribution in [0.3, 0.4) is 0 Å². The van der Waals surface area contributed by atoms with Gasteiger partial charge in [-0.05, 0) is 12.8 Å². The van der Waals surface area contributed by atoms with Gasteiger partial charge in [-0.3, -0.25) is 9.28 Å². The van der Waals surface area contributed by atoms with Gasteiger partial charge in [-0.25, -0.2) is 0 Å². The molecule has 1 aromatic heterocycles. The van der Waals surface area contributed by atoms with Gasteiger partial charge < -0.3 is 9.47 Å². The van der Waals surface area contributed by atoms with Gasteiger partial charge in [0.1, 0.15) is 12.2 Å². The van der Waals surface area contributed by atoms with Crippen LogP contribution < -0.4 is 4.74 Å². The Labute approximate surface area is 205 Å². The number of aromatic nitrogens is 2. The van der Waals surface area contributed by atoms with Gasteiger partial charge >= 0.3 is 5.97 Å². The number of unbranched alkanes of at least 4 members (excludes halogenated alkanes) is 8. The molecule has 0 saturated heterocycles. The zero-order valence-electron chi connectivity index (χ0n) is 21.4. The van der Waals surface area contributed by atoms with Crippen molar-refractivity contribution in [2.45, 2.75) is 110 Å². The highest BCUT2D eigenvalue weighted by atomic mass is 32.1. The van der Waals surface area contributed by atoms with Crippen molar-refractivity contribution in [1.29, 1.82) is 0 Å². The Morgan fingerprint density at radius 3 is 2.45 bits per heavy atom. The molecule has 188 valence electrons. The largest absolute Gasteiger partial charge is 0.475 e. The van der Waals surface area contributed by atoms with E-state index in [1.54, 1.807) is 0 Å². The zero-order chi connectivity index (χ0) is 23.9. The second-order valence-electron chi connectivity index (χ2n) is 9.58. The summed E-state index contributed by atoms with van der Waals surface area (Å²) in [4.78, 5) is 12.6. The molecule has 1 aromatic rings. The highest BCUT2D eigenvalue weighted by molar-refractivity contribution is 6.99. The number of carbonyl (C=O) groups is 1. The number of esters is 1. The number of likely N-dealkylation sites (N-methyl/N-ethyl adjacent to an activating group) is 1. The lowest BCUT2D eigenvalue weighted by Crippen LogP contribution is -2.56. The van der Waals surface area contributed by atoms with Crippen molar-refractivity contribution in [3.63, 3.8) is 0 Å². The van der Waals surface area contributed by atoms with E-state index >= 15 is 0 Å². The van der Waals surface area contributed by atoms with E-state index in [1.807, 2.05) is 0 Å². The molecule has 33 heavy (non-hydrogen) atoms. The summed E-state index contributed by atoms with van der Waals surface area (Å²) in [5, 5.41) is 0. The Bertz CT molecular complexity index is 721. The van der Waals surface area contributed by atoms with E-state index in [0.29, 0.717) is 23.4 Å². The fourth-order valence-corrected chi connectivity index (χ4v) is 5.10. The third-order valence-electron chi connectivity index (χ3n) is 6.61. The zero-order valence-corrected chi connectivity index (χ0v) is 22.3. The monoisotopic (exact) mass is 480 g/mol. The first-order chi connectivity index (χ1) is 16.0. The third kappa shape index (κ3) is 9.36. The maximum Gasteiger partial charge on any atom is 0.310 e. The van der Waals surface area contributed by atoms with Crippen molar-refractivity contribution in [2.24, 2.45) is 0 Å². The molecule has 0 fully saturated rings. The first-order valence-electron chi connectivity index (χ1n) is 13.2. The third-order valence-corrected chi connectivity index (χ3v) is 7.12. The van der Waals surface area contributed by atoms with E-state index in [-0.39, 0.29) is 12.2 Å². The first kappa shape index (κ1) is 27.8. The van der Waals surface area contributed by atoms with E-state index in [9.17, 15) is 4.79 Å². The first-order valence-corrected chi connectivity index (χ1v) is 14.0. The second kappa shape index (κ2) is 15.4. The van der Waals surface area contributed by atoms with Crippen molar-refractivity contribution in [2.75, 3.05) is 26.7 Å². The number of rotatable bonds is 17. The average Bonchev–Trinajstić information content (AvgIpc) is 3.28. The van der Waals surface area contributed by atoms with E-state index in [2.05, 4.69) is 42.6 Å². The molecule has 0 amide bonds. The van der Waals surface area contributed by atoms with Crippen molar-refractivity contribution >= 4 is 23.3 Å². The SMILES string of the molecule is CCCCCCCCC(=O)OC(CC)[N+]1(C)CCC=C(c2nsnc2OCCCCCC)C1. The lowest BCUT2D eigenvalue weighted by molar-refractivity contribution is -0.947. The quantitative estimate of drug-likeness (QED) is 0.140.